The van der Waals surface area contributed by atoms with E-state index in [2.05, 4.69) is 0 Å². The summed E-state index contributed by atoms with van der Waals surface area (Å²) in [4.78, 5) is 12.2. The molecular formula is C14H12ClNO6S2. The van der Waals surface area contributed by atoms with Gasteiger partial charge in [0.25, 0.3) is 15.9 Å². The average molecular weight is 390 g/mol. The quantitative estimate of drug-likeness (QED) is 0.862. The lowest BCUT2D eigenvalue weighted by Gasteiger charge is -2.21. The number of hydrogen-bond acceptors (Lipinski definition) is 7. The number of sulfonamides is 1. The number of hydrogen-bond donors (Lipinski definition) is 1. The minimum absolute atomic E-state index is 0.0611. The highest BCUT2D eigenvalue weighted by Crippen LogP contribution is 2.40. The van der Waals surface area contributed by atoms with E-state index in [9.17, 15) is 13.2 Å². The van der Waals surface area contributed by atoms with Crippen LogP contribution >= 0.6 is 22.9 Å². The molecule has 0 unspecified atom stereocenters. The Hall–Kier alpha value is -1.97. The van der Waals surface area contributed by atoms with E-state index in [4.69, 9.17) is 25.8 Å². The van der Waals surface area contributed by atoms with Crippen LogP contribution in [0.3, 0.4) is 0 Å². The fraction of sp³-hybridized carbons (Fsp3) is 0.214. The molecule has 0 saturated carbocycles. The van der Waals surface area contributed by atoms with Crippen molar-refractivity contribution in [2.24, 2.45) is 0 Å². The van der Waals surface area contributed by atoms with Crippen molar-refractivity contribution < 1.29 is 27.4 Å². The summed E-state index contributed by atoms with van der Waals surface area (Å²) in [5.41, 5.74) is 0.0611. The zero-order chi connectivity index (χ0) is 17.3. The molecule has 1 aromatic heterocycles. The van der Waals surface area contributed by atoms with E-state index in [1.165, 1.54) is 30.7 Å². The van der Waals surface area contributed by atoms with Crippen LogP contribution in [0.5, 0.6) is 17.2 Å². The fourth-order valence-electron chi connectivity index (χ4n) is 2.11. The number of thiophene rings is 1. The molecule has 24 heavy (non-hydrogen) atoms. The Morgan fingerprint density at radius 1 is 1.33 bits per heavy atom. The monoisotopic (exact) mass is 389 g/mol. The predicted octanol–water partition coefficient (Wildman–Crippen LogP) is 2.30. The molecule has 0 fully saturated rings. The zero-order valence-corrected chi connectivity index (χ0v) is 14.8. The highest BCUT2D eigenvalue weighted by molar-refractivity contribution is 7.90. The minimum atomic E-state index is -4.07. The third kappa shape index (κ3) is 3.14. The number of nitrogens with one attached hydrogen (secondary N) is 1. The van der Waals surface area contributed by atoms with Crippen LogP contribution < -0.4 is 18.9 Å². The lowest BCUT2D eigenvalue weighted by molar-refractivity contribution is 0.0979. The van der Waals surface area contributed by atoms with Crippen molar-refractivity contribution in [3.8, 4) is 17.2 Å². The summed E-state index contributed by atoms with van der Waals surface area (Å²) in [5, 5.41) is 1.52. The van der Waals surface area contributed by atoms with Gasteiger partial charge in [-0.3, -0.25) is 4.79 Å². The van der Waals surface area contributed by atoms with E-state index in [0.29, 0.717) is 24.7 Å². The van der Waals surface area contributed by atoms with Crippen molar-refractivity contribution in [3.05, 3.63) is 33.5 Å². The molecule has 1 aliphatic heterocycles. The maximum atomic E-state index is 12.3. The van der Waals surface area contributed by atoms with Gasteiger partial charge in [0.15, 0.2) is 11.5 Å². The largest absolute Gasteiger partial charge is 0.493 e. The molecule has 0 spiro atoms. The van der Waals surface area contributed by atoms with Gasteiger partial charge < -0.3 is 14.2 Å². The van der Waals surface area contributed by atoms with Gasteiger partial charge in [-0.25, -0.2) is 13.1 Å². The summed E-state index contributed by atoms with van der Waals surface area (Å²) in [6, 6.07) is 4.11. The molecule has 0 atom stereocenters. The van der Waals surface area contributed by atoms with E-state index < -0.39 is 15.9 Å². The SMILES string of the molecule is COc1cc(C(=O)NS(=O)(=O)c2ccsc2Cl)cc2c1OCCO2. The molecule has 0 radical (unpaired) electrons. The number of carbonyl (C=O) groups excluding carboxylic acids is 1. The maximum Gasteiger partial charge on any atom is 0.266 e. The molecule has 0 bridgehead atoms. The van der Waals surface area contributed by atoms with Crippen molar-refractivity contribution in [1.82, 2.24) is 4.72 Å². The molecule has 1 amide bonds. The van der Waals surface area contributed by atoms with Crippen LogP contribution in [0.2, 0.25) is 4.34 Å². The van der Waals surface area contributed by atoms with Gasteiger partial charge in [-0.1, -0.05) is 11.6 Å². The van der Waals surface area contributed by atoms with Crippen LogP contribution in [0.4, 0.5) is 0 Å². The number of amides is 1. The van der Waals surface area contributed by atoms with Crippen LogP contribution in [0.25, 0.3) is 0 Å². The Bertz CT molecular complexity index is 875. The number of halogens is 1. The molecular weight excluding hydrogens is 378 g/mol. The first-order chi connectivity index (χ1) is 11.4. The van der Waals surface area contributed by atoms with E-state index in [0.717, 1.165) is 11.3 Å². The van der Waals surface area contributed by atoms with Gasteiger partial charge in [-0.05, 0) is 23.6 Å². The second-order valence-electron chi connectivity index (χ2n) is 4.70. The van der Waals surface area contributed by atoms with Gasteiger partial charge in [-0.2, -0.15) is 0 Å². The second-order valence-corrected chi connectivity index (χ2v) is 7.86. The number of benzene rings is 1. The van der Waals surface area contributed by atoms with E-state index in [1.54, 1.807) is 0 Å². The average Bonchev–Trinajstić information content (AvgIpc) is 3.00. The summed E-state index contributed by atoms with van der Waals surface area (Å²) >= 11 is 6.89. The first-order valence-electron chi connectivity index (χ1n) is 6.70. The second kappa shape index (κ2) is 6.50. The van der Waals surface area contributed by atoms with Crippen LogP contribution in [0.15, 0.2) is 28.5 Å². The van der Waals surface area contributed by atoms with Gasteiger partial charge >= 0.3 is 0 Å². The highest BCUT2D eigenvalue weighted by Gasteiger charge is 2.25. The fourth-order valence-corrected chi connectivity index (χ4v) is 4.63. The normalized spacial score (nSPS) is 13.4. The molecule has 0 saturated heterocycles. The van der Waals surface area contributed by atoms with Crippen molar-refractivity contribution in [2.75, 3.05) is 20.3 Å². The Balaban J connectivity index is 1.92. The molecule has 1 N–H and O–H groups in total. The first-order valence-corrected chi connectivity index (χ1v) is 9.44. The number of methoxy groups -OCH3 is 1. The molecule has 1 aliphatic rings. The molecule has 0 aliphatic carbocycles. The van der Waals surface area contributed by atoms with Gasteiger partial charge in [0.05, 0.1) is 7.11 Å². The Morgan fingerprint density at radius 3 is 2.75 bits per heavy atom. The van der Waals surface area contributed by atoms with E-state index >= 15 is 0 Å². The first kappa shape index (κ1) is 16.9. The topological polar surface area (TPSA) is 90.9 Å². The van der Waals surface area contributed by atoms with Crippen molar-refractivity contribution in [1.29, 1.82) is 0 Å². The number of fused-ring (bicyclic) bond motifs is 1. The lowest BCUT2D eigenvalue weighted by Crippen LogP contribution is -2.30. The van der Waals surface area contributed by atoms with Crippen LogP contribution in [-0.4, -0.2) is 34.6 Å². The third-order valence-corrected chi connectivity index (χ3v) is 5.98. The molecule has 3 rings (SSSR count). The third-order valence-electron chi connectivity index (χ3n) is 3.19. The molecule has 2 aromatic rings. The van der Waals surface area contributed by atoms with Crippen LogP contribution in [0, 0.1) is 0 Å². The Morgan fingerprint density at radius 2 is 2.08 bits per heavy atom. The van der Waals surface area contributed by atoms with E-state index in [1.807, 2.05) is 4.72 Å². The highest BCUT2D eigenvalue weighted by atomic mass is 35.5. The molecule has 128 valence electrons. The zero-order valence-electron chi connectivity index (χ0n) is 12.4. The number of ether oxygens (including phenoxy) is 3. The summed E-state index contributed by atoms with van der Waals surface area (Å²) in [6.07, 6.45) is 0. The van der Waals surface area contributed by atoms with Gasteiger partial charge in [0, 0.05) is 5.56 Å². The van der Waals surface area contributed by atoms with Crippen LogP contribution in [0.1, 0.15) is 10.4 Å². The Kier molecular flexibility index (Phi) is 4.57. The van der Waals surface area contributed by atoms with Crippen molar-refractivity contribution in [3.63, 3.8) is 0 Å². The van der Waals surface area contributed by atoms with Gasteiger partial charge in [-0.15, -0.1) is 11.3 Å². The molecule has 10 heteroatoms. The number of carbonyl (C=O) groups is 1. The van der Waals surface area contributed by atoms with Crippen molar-refractivity contribution in [2.45, 2.75) is 4.90 Å². The minimum Gasteiger partial charge on any atom is -0.493 e. The van der Waals surface area contributed by atoms with Crippen LogP contribution in [-0.2, 0) is 10.0 Å². The standard InChI is InChI=1S/C14H12ClNO6S2/c1-20-9-6-8(7-10-12(9)22-4-3-21-10)14(17)16-24(18,19)11-2-5-23-13(11)15/h2,5-7H,3-4H2,1H3,(H,16,17). The van der Waals surface area contributed by atoms with Crippen molar-refractivity contribution >= 4 is 38.9 Å². The number of rotatable bonds is 4. The summed E-state index contributed by atoms with van der Waals surface area (Å²) in [5.74, 6) is 0.150. The summed E-state index contributed by atoms with van der Waals surface area (Å²) in [6.45, 7) is 0.684. The maximum absolute atomic E-state index is 12.3. The Labute approximate surface area is 147 Å². The molecule has 1 aromatic carbocycles. The molecule has 7 nitrogen and oxygen atoms in total. The predicted molar refractivity (Wildman–Crippen MR) is 88.0 cm³/mol. The lowest BCUT2D eigenvalue weighted by atomic mass is 10.1. The smallest absolute Gasteiger partial charge is 0.266 e. The van der Waals surface area contributed by atoms with E-state index in [-0.39, 0.29) is 20.5 Å². The molecule has 2 heterocycles. The summed E-state index contributed by atoms with van der Waals surface area (Å²) in [7, 11) is -2.66. The summed E-state index contributed by atoms with van der Waals surface area (Å²) < 4.78 is 42.6. The van der Waals surface area contributed by atoms with Gasteiger partial charge in [0.1, 0.15) is 22.4 Å². The van der Waals surface area contributed by atoms with Gasteiger partial charge in [0.2, 0.25) is 5.75 Å².